The normalized spacial score (nSPS) is 12.7. The minimum Gasteiger partial charge on any atom is -0.497 e. The molecule has 2 rings (SSSR count). The first-order valence-corrected chi connectivity index (χ1v) is 6.87. The number of rotatable bonds is 6. The molecule has 1 aromatic carbocycles. The number of hydrogen-bond donors (Lipinski definition) is 1. The van der Waals surface area contributed by atoms with Gasteiger partial charge < -0.3 is 10.1 Å². The van der Waals surface area contributed by atoms with Gasteiger partial charge in [0.05, 0.1) is 13.7 Å². The first-order valence-electron chi connectivity index (χ1n) is 6.87. The summed E-state index contributed by atoms with van der Waals surface area (Å²) in [6, 6.07) is 8.64. The van der Waals surface area contributed by atoms with Crippen LogP contribution in [0.1, 0.15) is 44.2 Å². The third kappa shape index (κ3) is 3.36. The fraction of sp³-hybridized carbons (Fsp3) is 0.467. The zero-order valence-electron chi connectivity index (χ0n) is 12.5. The predicted molar refractivity (Wildman–Crippen MR) is 78.7 cm³/mol. The molecule has 0 saturated heterocycles. The Morgan fingerprint density at radius 3 is 2.80 bits per heavy atom. The van der Waals surface area contributed by atoms with Crippen LogP contribution in [-0.4, -0.2) is 21.9 Å². The molecular weight excluding hydrogens is 252 g/mol. The summed E-state index contributed by atoms with van der Waals surface area (Å²) in [5.74, 6) is 1.83. The highest BCUT2D eigenvalue weighted by atomic mass is 16.5. The van der Waals surface area contributed by atoms with Gasteiger partial charge in [-0.25, -0.2) is 9.67 Å². The monoisotopic (exact) mass is 274 g/mol. The van der Waals surface area contributed by atoms with Crippen LogP contribution in [0.3, 0.4) is 0 Å². The highest BCUT2D eigenvalue weighted by molar-refractivity contribution is 5.30. The summed E-state index contributed by atoms with van der Waals surface area (Å²) in [5, 5.41) is 7.71. The average Bonchev–Trinajstić information content (AvgIpc) is 2.93. The SMILES string of the molecule is COc1cccc([C@@H](C)NCc2ncnn2C(C)C)c1. The third-order valence-electron chi connectivity index (χ3n) is 3.30. The Labute approximate surface area is 120 Å². The van der Waals surface area contributed by atoms with Crippen LogP contribution in [-0.2, 0) is 6.54 Å². The molecule has 1 heterocycles. The Kier molecular flexibility index (Phi) is 4.74. The second-order valence-electron chi connectivity index (χ2n) is 5.09. The van der Waals surface area contributed by atoms with Crippen LogP contribution in [0.2, 0.25) is 0 Å². The largest absolute Gasteiger partial charge is 0.497 e. The van der Waals surface area contributed by atoms with Crippen LogP contribution >= 0.6 is 0 Å². The van der Waals surface area contributed by atoms with Crippen LogP contribution in [0.4, 0.5) is 0 Å². The topological polar surface area (TPSA) is 52.0 Å². The maximum atomic E-state index is 5.25. The molecule has 20 heavy (non-hydrogen) atoms. The molecule has 2 aromatic rings. The van der Waals surface area contributed by atoms with Gasteiger partial charge in [0, 0.05) is 12.1 Å². The molecule has 0 aliphatic heterocycles. The number of aromatic nitrogens is 3. The van der Waals surface area contributed by atoms with Gasteiger partial charge in [-0.1, -0.05) is 12.1 Å². The van der Waals surface area contributed by atoms with E-state index in [1.54, 1.807) is 13.4 Å². The van der Waals surface area contributed by atoms with E-state index in [0.29, 0.717) is 12.6 Å². The Morgan fingerprint density at radius 1 is 1.30 bits per heavy atom. The van der Waals surface area contributed by atoms with Gasteiger partial charge in [-0.15, -0.1) is 0 Å². The van der Waals surface area contributed by atoms with Crippen LogP contribution in [0, 0.1) is 0 Å². The van der Waals surface area contributed by atoms with Gasteiger partial charge in [0.2, 0.25) is 0 Å². The summed E-state index contributed by atoms with van der Waals surface area (Å²) < 4.78 is 7.19. The van der Waals surface area contributed by atoms with Crippen molar-refractivity contribution in [3.05, 3.63) is 42.0 Å². The van der Waals surface area contributed by atoms with Crippen LogP contribution in [0.5, 0.6) is 5.75 Å². The summed E-state index contributed by atoms with van der Waals surface area (Å²) in [5.41, 5.74) is 1.19. The lowest BCUT2D eigenvalue weighted by Crippen LogP contribution is -2.21. The van der Waals surface area contributed by atoms with E-state index in [4.69, 9.17) is 4.74 Å². The highest BCUT2D eigenvalue weighted by Crippen LogP contribution is 2.19. The third-order valence-corrected chi connectivity index (χ3v) is 3.30. The average molecular weight is 274 g/mol. The number of nitrogens with zero attached hydrogens (tertiary/aromatic N) is 3. The number of methoxy groups -OCH3 is 1. The molecule has 0 saturated carbocycles. The van der Waals surface area contributed by atoms with E-state index in [1.165, 1.54) is 5.56 Å². The molecule has 0 aliphatic rings. The number of benzene rings is 1. The summed E-state index contributed by atoms with van der Waals surface area (Å²) in [7, 11) is 1.68. The molecule has 1 N–H and O–H groups in total. The zero-order valence-corrected chi connectivity index (χ0v) is 12.5. The molecule has 0 fully saturated rings. The Hall–Kier alpha value is -1.88. The van der Waals surface area contributed by atoms with Crippen molar-refractivity contribution in [3.8, 4) is 5.75 Å². The highest BCUT2D eigenvalue weighted by Gasteiger charge is 2.10. The molecule has 1 atom stereocenters. The standard InChI is InChI=1S/C15H22N4O/c1-11(2)19-15(17-10-18-19)9-16-12(3)13-6-5-7-14(8-13)20-4/h5-8,10-12,16H,9H2,1-4H3/t12-/m1/s1. The van der Waals surface area contributed by atoms with Crippen molar-refractivity contribution < 1.29 is 4.74 Å². The van der Waals surface area contributed by atoms with Gasteiger partial charge in [0.1, 0.15) is 17.9 Å². The Bertz CT molecular complexity index is 550. The van der Waals surface area contributed by atoms with Gasteiger partial charge in [0.25, 0.3) is 0 Å². The molecule has 1 aromatic heterocycles. The van der Waals surface area contributed by atoms with Crippen molar-refractivity contribution in [2.75, 3.05) is 7.11 Å². The Morgan fingerprint density at radius 2 is 2.10 bits per heavy atom. The zero-order chi connectivity index (χ0) is 14.5. The van der Waals surface area contributed by atoms with Crippen molar-refractivity contribution in [3.63, 3.8) is 0 Å². The van der Waals surface area contributed by atoms with E-state index >= 15 is 0 Å². The van der Waals surface area contributed by atoms with E-state index in [0.717, 1.165) is 11.6 Å². The molecule has 5 heteroatoms. The van der Waals surface area contributed by atoms with Crippen molar-refractivity contribution in [1.82, 2.24) is 20.1 Å². The molecule has 108 valence electrons. The van der Waals surface area contributed by atoms with Crippen molar-refractivity contribution in [2.24, 2.45) is 0 Å². The van der Waals surface area contributed by atoms with Gasteiger partial charge in [-0.3, -0.25) is 0 Å². The summed E-state index contributed by atoms with van der Waals surface area (Å²) in [4.78, 5) is 4.30. The van der Waals surface area contributed by atoms with Gasteiger partial charge in [-0.05, 0) is 38.5 Å². The van der Waals surface area contributed by atoms with Gasteiger partial charge in [-0.2, -0.15) is 5.10 Å². The van der Waals surface area contributed by atoms with Crippen molar-refractivity contribution in [2.45, 2.75) is 39.4 Å². The number of ether oxygens (including phenoxy) is 1. The summed E-state index contributed by atoms with van der Waals surface area (Å²) >= 11 is 0. The lowest BCUT2D eigenvalue weighted by molar-refractivity contribution is 0.413. The van der Waals surface area contributed by atoms with Gasteiger partial charge in [0.15, 0.2) is 0 Å². The molecule has 0 amide bonds. The second kappa shape index (κ2) is 6.52. The van der Waals surface area contributed by atoms with E-state index in [-0.39, 0.29) is 6.04 Å². The fourth-order valence-electron chi connectivity index (χ4n) is 2.11. The molecular formula is C15H22N4O. The van der Waals surface area contributed by atoms with Crippen LogP contribution in [0.15, 0.2) is 30.6 Å². The maximum Gasteiger partial charge on any atom is 0.141 e. The molecule has 0 aliphatic carbocycles. The lowest BCUT2D eigenvalue weighted by atomic mass is 10.1. The van der Waals surface area contributed by atoms with E-state index < -0.39 is 0 Å². The molecule has 5 nitrogen and oxygen atoms in total. The van der Waals surface area contributed by atoms with Crippen LogP contribution in [0.25, 0.3) is 0 Å². The van der Waals surface area contributed by atoms with E-state index in [1.807, 2.05) is 22.9 Å². The van der Waals surface area contributed by atoms with E-state index in [2.05, 4.69) is 42.2 Å². The van der Waals surface area contributed by atoms with Gasteiger partial charge >= 0.3 is 0 Å². The minimum absolute atomic E-state index is 0.224. The molecule has 0 bridgehead atoms. The predicted octanol–water partition coefficient (Wildman–Crippen LogP) is 2.72. The summed E-state index contributed by atoms with van der Waals surface area (Å²) in [6.07, 6.45) is 1.60. The summed E-state index contributed by atoms with van der Waals surface area (Å²) in [6.45, 7) is 7.02. The smallest absolute Gasteiger partial charge is 0.141 e. The molecule has 0 unspecified atom stereocenters. The fourth-order valence-corrected chi connectivity index (χ4v) is 2.11. The quantitative estimate of drug-likeness (QED) is 0.880. The first-order chi connectivity index (χ1) is 9.61. The van der Waals surface area contributed by atoms with Crippen molar-refractivity contribution in [1.29, 1.82) is 0 Å². The first kappa shape index (κ1) is 14.5. The van der Waals surface area contributed by atoms with E-state index in [9.17, 15) is 0 Å². The van der Waals surface area contributed by atoms with Crippen LogP contribution < -0.4 is 10.1 Å². The lowest BCUT2D eigenvalue weighted by Gasteiger charge is -2.16. The number of hydrogen-bond acceptors (Lipinski definition) is 4. The second-order valence-corrected chi connectivity index (χ2v) is 5.09. The maximum absolute atomic E-state index is 5.25. The van der Waals surface area contributed by atoms with Crippen molar-refractivity contribution >= 4 is 0 Å². The number of nitrogens with one attached hydrogen (secondary N) is 1. The Balaban J connectivity index is 2.01. The molecule has 0 radical (unpaired) electrons. The molecule has 0 spiro atoms. The minimum atomic E-state index is 0.224.